The molecule has 0 aliphatic rings. The third kappa shape index (κ3) is 2.85. The van der Waals surface area contributed by atoms with E-state index >= 15 is 0 Å². The van der Waals surface area contributed by atoms with E-state index in [0.717, 1.165) is 6.54 Å². The lowest BCUT2D eigenvalue weighted by Gasteiger charge is -2.09. The van der Waals surface area contributed by atoms with Crippen LogP contribution in [0, 0.1) is 13.8 Å². The van der Waals surface area contributed by atoms with Gasteiger partial charge in [0.1, 0.15) is 0 Å². The second-order valence-electron chi connectivity index (χ2n) is 4.13. The first kappa shape index (κ1) is 13.0. The van der Waals surface area contributed by atoms with Crippen LogP contribution in [0.5, 0.6) is 0 Å². The van der Waals surface area contributed by atoms with E-state index in [2.05, 4.69) is 51.8 Å². The number of aryl methyl sites for hydroxylation is 2. The quantitative estimate of drug-likeness (QED) is 0.944. The van der Waals surface area contributed by atoms with Crippen molar-refractivity contribution in [2.24, 2.45) is 0 Å². The number of carbonyl (C=O) groups excluding carboxylic acids is 1. The zero-order valence-corrected chi connectivity index (χ0v) is 12.0. The molecule has 96 valence electrons. The summed E-state index contributed by atoms with van der Waals surface area (Å²) in [4.78, 5) is 11.7. The van der Waals surface area contributed by atoms with E-state index in [-0.39, 0.29) is 5.91 Å². The molecular weight excluding hydrogens is 296 g/mol. The normalized spacial score (nSPS) is 10.6. The zero-order valence-electron chi connectivity index (χ0n) is 10.4. The van der Waals surface area contributed by atoms with Crippen molar-refractivity contribution in [3.8, 4) is 0 Å². The number of halogens is 1. The van der Waals surface area contributed by atoms with Crippen molar-refractivity contribution in [2.75, 3.05) is 6.54 Å². The molecule has 0 aromatic carbocycles. The van der Waals surface area contributed by atoms with E-state index < -0.39 is 0 Å². The van der Waals surface area contributed by atoms with Crippen molar-refractivity contribution < 1.29 is 9.21 Å². The highest BCUT2D eigenvalue weighted by molar-refractivity contribution is 9.10. The van der Waals surface area contributed by atoms with Gasteiger partial charge in [-0.2, -0.15) is 0 Å². The summed E-state index contributed by atoms with van der Waals surface area (Å²) in [5, 5.41) is 2.83. The Kier molecular flexibility index (Phi) is 3.91. The highest BCUT2D eigenvalue weighted by Crippen LogP contribution is 2.13. The fourth-order valence-corrected chi connectivity index (χ4v) is 2.16. The summed E-state index contributed by atoms with van der Waals surface area (Å²) in [5.74, 6) is 0.131. The van der Waals surface area contributed by atoms with Gasteiger partial charge in [-0.05, 0) is 54.0 Å². The lowest BCUT2D eigenvalue weighted by Crippen LogP contribution is -2.27. The second-order valence-corrected chi connectivity index (χ2v) is 4.91. The van der Waals surface area contributed by atoms with E-state index in [1.54, 1.807) is 12.1 Å². The van der Waals surface area contributed by atoms with Crippen LogP contribution in [-0.4, -0.2) is 17.0 Å². The number of hydrogen-bond donors (Lipinski definition) is 1. The molecule has 0 unspecified atom stereocenters. The molecule has 0 saturated carbocycles. The highest BCUT2D eigenvalue weighted by atomic mass is 79.9. The van der Waals surface area contributed by atoms with Crippen LogP contribution >= 0.6 is 15.9 Å². The minimum atomic E-state index is -0.192. The Bertz CT molecular complexity index is 538. The van der Waals surface area contributed by atoms with Crippen LogP contribution in [-0.2, 0) is 6.54 Å². The Balaban J connectivity index is 1.88. The first-order valence-electron chi connectivity index (χ1n) is 5.74. The fourth-order valence-electron chi connectivity index (χ4n) is 1.86. The van der Waals surface area contributed by atoms with Crippen molar-refractivity contribution in [2.45, 2.75) is 20.4 Å². The molecule has 0 saturated heterocycles. The Morgan fingerprint density at radius 3 is 2.50 bits per heavy atom. The van der Waals surface area contributed by atoms with Crippen LogP contribution in [0.3, 0.4) is 0 Å². The molecule has 0 spiro atoms. The topological polar surface area (TPSA) is 47.2 Å². The summed E-state index contributed by atoms with van der Waals surface area (Å²) < 4.78 is 7.90. The van der Waals surface area contributed by atoms with Crippen LogP contribution in [0.25, 0.3) is 0 Å². The number of nitrogens with one attached hydrogen (secondary N) is 1. The lowest BCUT2D eigenvalue weighted by atomic mass is 10.4. The monoisotopic (exact) mass is 310 g/mol. The Morgan fingerprint density at radius 2 is 1.94 bits per heavy atom. The first-order valence-corrected chi connectivity index (χ1v) is 6.53. The van der Waals surface area contributed by atoms with Gasteiger partial charge in [-0.3, -0.25) is 4.79 Å². The van der Waals surface area contributed by atoms with Gasteiger partial charge in [-0.25, -0.2) is 0 Å². The van der Waals surface area contributed by atoms with Gasteiger partial charge in [0.15, 0.2) is 10.4 Å². The van der Waals surface area contributed by atoms with Crippen LogP contribution < -0.4 is 5.32 Å². The molecule has 0 atom stereocenters. The van der Waals surface area contributed by atoms with Gasteiger partial charge >= 0.3 is 0 Å². The SMILES string of the molecule is Cc1ccc(C)n1CCNC(=O)c1ccc(Br)o1. The van der Waals surface area contributed by atoms with Gasteiger partial charge in [0.25, 0.3) is 5.91 Å². The number of aromatic nitrogens is 1. The Hall–Kier alpha value is -1.49. The summed E-state index contributed by atoms with van der Waals surface area (Å²) in [6.45, 7) is 5.45. The largest absolute Gasteiger partial charge is 0.444 e. The molecule has 18 heavy (non-hydrogen) atoms. The van der Waals surface area contributed by atoms with Crippen molar-refractivity contribution in [3.05, 3.63) is 46.1 Å². The standard InChI is InChI=1S/C13H15BrN2O2/c1-9-3-4-10(2)16(9)8-7-15-13(17)11-5-6-12(14)18-11/h3-6H,7-8H2,1-2H3,(H,15,17). The number of amides is 1. The maximum absolute atomic E-state index is 11.7. The van der Waals surface area contributed by atoms with Gasteiger partial charge in [0.05, 0.1) is 0 Å². The van der Waals surface area contributed by atoms with Crippen molar-refractivity contribution in [3.63, 3.8) is 0 Å². The molecule has 2 aromatic heterocycles. The molecule has 2 aromatic rings. The highest BCUT2D eigenvalue weighted by Gasteiger charge is 2.09. The number of hydrogen-bond acceptors (Lipinski definition) is 2. The molecular formula is C13H15BrN2O2. The molecule has 0 radical (unpaired) electrons. The van der Waals surface area contributed by atoms with E-state index in [0.29, 0.717) is 17.0 Å². The maximum Gasteiger partial charge on any atom is 0.287 e. The number of furan rings is 1. The zero-order chi connectivity index (χ0) is 13.1. The van der Waals surface area contributed by atoms with E-state index in [4.69, 9.17) is 4.42 Å². The van der Waals surface area contributed by atoms with Gasteiger partial charge in [-0.15, -0.1) is 0 Å². The van der Waals surface area contributed by atoms with Crippen LogP contribution in [0.15, 0.2) is 33.4 Å². The number of carbonyl (C=O) groups is 1. The molecule has 1 amide bonds. The summed E-state index contributed by atoms with van der Waals surface area (Å²) in [7, 11) is 0. The summed E-state index contributed by atoms with van der Waals surface area (Å²) in [5.41, 5.74) is 2.39. The number of rotatable bonds is 4. The van der Waals surface area contributed by atoms with Crippen LogP contribution in [0.1, 0.15) is 21.9 Å². The van der Waals surface area contributed by atoms with Gasteiger partial charge in [0.2, 0.25) is 0 Å². The minimum absolute atomic E-state index is 0.192. The number of nitrogens with zero attached hydrogens (tertiary/aromatic N) is 1. The second kappa shape index (κ2) is 5.44. The smallest absolute Gasteiger partial charge is 0.287 e. The third-order valence-electron chi connectivity index (χ3n) is 2.84. The van der Waals surface area contributed by atoms with Crippen molar-refractivity contribution >= 4 is 21.8 Å². The minimum Gasteiger partial charge on any atom is -0.444 e. The Morgan fingerprint density at radius 1 is 1.28 bits per heavy atom. The average molecular weight is 311 g/mol. The molecule has 5 heteroatoms. The van der Waals surface area contributed by atoms with Gasteiger partial charge in [0, 0.05) is 24.5 Å². The Labute approximate surface area is 114 Å². The fraction of sp³-hybridized carbons (Fsp3) is 0.308. The average Bonchev–Trinajstić information content (AvgIpc) is 2.89. The van der Waals surface area contributed by atoms with Crippen molar-refractivity contribution in [1.29, 1.82) is 0 Å². The summed E-state index contributed by atoms with van der Waals surface area (Å²) in [6.07, 6.45) is 0. The molecule has 0 aliphatic carbocycles. The molecule has 2 rings (SSSR count). The summed E-state index contributed by atoms with van der Waals surface area (Å²) in [6, 6.07) is 7.49. The molecule has 0 aliphatic heterocycles. The van der Waals surface area contributed by atoms with E-state index in [9.17, 15) is 4.79 Å². The van der Waals surface area contributed by atoms with Crippen LogP contribution in [0.4, 0.5) is 0 Å². The predicted octanol–water partition coefficient (Wildman–Crippen LogP) is 2.89. The van der Waals surface area contributed by atoms with Crippen molar-refractivity contribution in [1.82, 2.24) is 9.88 Å². The van der Waals surface area contributed by atoms with E-state index in [1.165, 1.54) is 11.4 Å². The molecule has 1 N–H and O–H groups in total. The van der Waals surface area contributed by atoms with E-state index in [1.807, 2.05) is 0 Å². The molecule has 0 fully saturated rings. The first-order chi connectivity index (χ1) is 8.58. The lowest BCUT2D eigenvalue weighted by molar-refractivity contribution is 0.0923. The third-order valence-corrected chi connectivity index (χ3v) is 3.26. The molecule has 2 heterocycles. The predicted molar refractivity (Wildman–Crippen MR) is 72.6 cm³/mol. The van der Waals surface area contributed by atoms with Gasteiger partial charge < -0.3 is 14.3 Å². The maximum atomic E-state index is 11.7. The summed E-state index contributed by atoms with van der Waals surface area (Å²) >= 11 is 3.17. The molecule has 0 bridgehead atoms. The van der Waals surface area contributed by atoms with Gasteiger partial charge in [-0.1, -0.05) is 0 Å². The molecule has 4 nitrogen and oxygen atoms in total. The van der Waals surface area contributed by atoms with Crippen LogP contribution in [0.2, 0.25) is 0 Å².